The summed E-state index contributed by atoms with van der Waals surface area (Å²) in [5.41, 5.74) is 9.07. The summed E-state index contributed by atoms with van der Waals surface area (Å²) >= 11 is 0. The summed E-state index contributed by atoms with van der Waals surface area (Å²) in [6.45, 7) is 9.40. The number of hydrogen-bond donors (Lipinski definition) is 3. The van der Waals surface area contributed by atoms with Crippen LogP contribution in [0.1, 0.15) is 26.3 Å². The zero-order chi connectivity index (χ0) is 20.8. The first-order valence-electron chi connectivity index (χ1n) is 9.00. The number of hydrogen-bond acceptors (Lipinski definition) is 4. The number of fused-ring (bicyclic) bond motifs is 2. The van der Waals surface area contributed by atoms with Crippen LogP contribution in [0.3, 0.4) is 0 Å². The van der Waals surface area contributed by atoms with Gasteiger partial charge in [0.05, 0.1) is 10.9 Å². The van der Waals surface area contributed by atoms with Crippen LogP contribution in [-0.2, 0) is 4.79 Å². The molecule has 144 valence electrons. The maximum atomic E-state index is 11.8. The van der Waals surface area contributed by atoms with E-state index in [9.17, 15) is 9.90 Å². The van der Waals surface area contributed by atoms with E-state index in [1.807, 2.05) is 19.9 Å². The summed E-state index contributed by atoms with van der Waals surface area (Å²) in [6.07, 6.45) is 4.67. The van der Waals surface area contributed by atoms with Crippen LogP contribution in [0.25, 0.3) is 27.9 Å². The molecule has 1 aliphatic heterocycles. The van der Waals surface area contributed by atoms with E-state index in [1.54, 1.807) is 43.3 Å². The smallest absolute Gasteiger partial charge is 0.336 e. The van der Waals surface area contributed by atoms with Crippen molar-refractivity contribution in [2.24, 2.45) is 0 Å². The lowest BCUT2D eigenvalue weighted by molar-refractivity contribution is -0.132. The highest BCUT2D eigenvalue weighted by molar-refractivity contribution is 6.12. The fourth-order valence-corrected chi connectivity index (χ4v) is 3.03. The summed E-state index contributed by atoms with van der Waals surface area (Å²) in [5.74, 6) is -0.555. The second kappa shape index (κ2) is 8.86. The minimum absolute atomic E-state index is 0.128. The third kappa shape index (κ3) is 3.88. The van der Waals surface area contributed by atoms with Crippen molar-refractivity contribution in [3.8, 4) is 11.3 Å². The van der Waals surface area contributed by atoms with Gasteiger partial charge < -0.3 is 20.7 Å². The molecule has 0 fully saturated rings. The third-order valence-corrected chi connectivity index (χ3v) is 4.11. The molecule has 0 amide bonds. The molecule has 28 heavy (non-hydrogen) atoms. The second-order valence-corrected chi connectivity index (χ2v) is 5.77. The number of nitrogen functional groups attached to an aromatic ring is 1. The van der Waals surface area contributed by atoms with Crippen molar-refractivity contribution in [1.29, 1.82) is 5.41 Å². The highest BCUT2D eigenvalue weighted by atomic mass is 16.4. The van der Waals surface area contributed by atoms with Crippen molar-refractivity contribution in [2.75, 3.05) is 5.73 Å². The minimum atomic E-state index is -1.05. The van der Waals surface area contributed by atoms with Crippen molar-refractivity contribution in [1.82, 2.24) is 0 Å². The second-order valence-electron chi connectivity index (χ2n) is 5.77. The zero-order valence-electron chi connectivity index (χ0n) is 16.2. The van der Waals surface area contributed by atoms with Crippen molar-refractivity contribution >= 4 is 28.2 Å². The Labute approximate surface area is 164 Å². The van der Waals surface area contributed by atoms with Crippen molar-refractivity contribution in [3.05, 3.63) is 77.7 Å². The predicted molar refractivity (Wildman–Crippen MR) is 114 cm³/mol. The minimum Gasteiger partial charge on any atom is -0.478 e. The van der Waals surface area contributed by atoms with E-state index in [2.05, 4.69) is 6.58 Å². The van der Waals surface area contributed by atoms with Crippen LogP contribution in [0.5, 0.6) is 0 Å². The van der Waals surface area contributed by atoms with Crippen LogP contribution in [-0.4, -0.2) is 11.1 Å². The SMILES string of the molecule is C=C/C=C(C(=O)O)\C(=C/C)c1c2ccc(=N)cc-2oc2cc(N)ccc12.CC. The normalized spacial score (nSPS) is 11.8. The Kier molecular flexibility index (Phi) is 6.55. The number of rotatable bonds is 4. The van der Waals surface area contributed by atoms with E-state index in [4.69, 9.17) is 15.6 Å². The maximum Gasteiger partial charge on any atom is 0.336 e. The Morgan fingerprint density at radius 2 is 1.93 bits per heavy atom. The number of benzene rings is 2. The van der Waals surface area contributed by atoms with Gasteiger partial charge in [-0.05, 0) is 42.8 Å². The topological polar surface area (TPSA) is 100 Å². The van der Waals surface area contributed by atoms with E-state index in [0.717, 1.165) is 16.5 Å². The van der Waals surface area contributed by atoms with E-state index in [-0.39, 0.29) is 5.57 Å². The van der Waals surface area contributed by atoms with Gasteiger partial charge in [0, 0.05) is 34.3 Å². The Bertz CT molecular complexity index is 1120. The molecule has 0 bridgehead atoms. The van der Waals surface area contributed by atoms with Gasteiger partial charge in [-0.2, -0.15) is 0 Å². The lowest BCUT2D eigenvalue weighted by Gasteiger charge is -2.18. The molecular formula is C23H24N2O3. The van der Waals surface area contributed by atoms with Crippen LogP contribution < -0.4 is 11.1 Å². The van der Waals surface area contributed by atoms with Gasteiger partial charge in [-0.15, -0.1) is 0 Å². The average molecular weight is 376 g/mol. The fraction of sp³-hybridized carbons (Fsp3) is 0.130. The molecule has 5 heteroatoms. The Hall–Kier alpha value is -3.60. The highest BCUT2D eigenvalue weighted by Gasteiger charge is 2.22. The van der Waals surface area contributed by atoms with Gasteiger partial charge in [0.25, 0.3) is 0 Å². The van der Waals surface area contributed by atoms with E-state index in [1.165, 1.54) is 12.2 Å². The molecular weight excluding hydrogens is 352 g/mol. The van der Waals surface area contributed by atoms with E-state index >= 15 is 0 Å². The summed E-state index contributed by atoms with van der Waals surface area (Å²) in [5, 5.41) is 18.6. The lowest BCUT2D eigenvalue weighted by Crippen LogP contribution is -2.07. The van der Waals surface area contributed by atoms with Crippen LogP contribution >= 0.6 is 0 Å². The van der Waals surface area contributed by atoms with Crippen molar-refractivity contribution < 1.29 is 14.3 Å². The monoisotopic (exact) mass is 376 g/mol. The van der Waals surface area contributed by atoms with Crippen LogP contribution in [0.15, 0.2) is 71.2 Å². The van der Waals surface area contributed by atoms with Gasteiger partial charge in [-0.3, -0.25) is 0 Å². The molecule has 0 radical (unpaired) electrons. The quantitative estimate of drug-likeness (QED) is 0.251. The number of allylic oxidation sites excluding steroid dienone is 3. The molecule has 1 heterocycles. The van der Waals surface area contributed by atoms with Gasteiger partial charge in [0.15, 0.2) is 0 Å². The molecule has 0 spiro atoms. The fourth-order valence-electron chi connectivity index (χ4n) is 3.03. The van der Waals surface area contributed by atoms with Gasteiger partial charge in [0.1, 0.15) is 11.3 Å². The van der Waals surface area contributed by atoms with E-state index < -0.39 is 5.97 Å². The highest BCUT2D eigenvalue weighted by Crippen LogP contribution is 2.40. The van der Waals surface area contributed by atoms with Crippen molar-refractivity contribution in [3.63, 3.8) is 0 Å². The molecule has 3 rings (SSSR count). The largest absolute Gasteiger partial charge is 0.478 e. The van der Waals surface area contributed by atoms with Gasteiger partial charge in [-0.1, -0.05) is 32.6 Å². The number of carboxylic acids is 1. The molecule has 0 unspecified atom stereocenters. The van der Waals surface area contributed by atoms with E-state index in [0.29, 0.717) is 28.0 Å². The zero-order valence-corrected chi connectivity index (χ0v) is 16.2. The molecule has 1 aromatic carbocycles. The van der Waals surface area contributed by atoms with Crippen LogP contribution in [0.4, 0.5) is 5.69 Å². The standard InChI is InChI=1S/C21H18N2O3.C2H6/c1-3-5-15(21(24)25)14(4-2)20-16-8-6-12(22)10-18(16)26-19-11-13(23)7-9-17(19)20;1-2/h3-11,22H,1,23H2,2H3,(H,24,25);1-2H3/b14-4+,15-5+,22-12?;. The number of aliphatic carboxylic acids is 1. The Morgan fingerprint density at radius 3 is 2.54 bits per heavy atom. The summed E-state index contributed by atoms with van der Waals surface area (Å²) in [7, 11) is 0. The Morgan fingerprint density at radius 1 is 1.21 bits per heavy atom. The number of nitrogens with two attached hydrogens (primary N) is 1. The third-order valence-electron chi connectivity index (χ3n) is 4.11. The molecule has 0 aromatic heterocycles. The first kappa shape index (κ1) is 20.7. The van der Waals surface area contributed by atoms with Gasteiger partial charge in [0.2, 0.25) is 0 Å². The molecule has 0 atom stereocenters. The predicted octanol–water partition coefficient (Wildman–Crippen LogP) is 5.23. The maximum absolute atomic E-state index is 11.8. The first-order chi connectivity index (χ1) is 13.5. The van der Waals surface area contributed by atoms with Gasteiger partial charge >= 0.3 is 5.97 Å². The molecule has 5 nitrogen and oxygen atoms in total. The molecule has 0 saturated heterocycles. The van der Waals surface area contributed by atoms with Crippen LogP contribution in [0, 0.1) is 5.41 Å². The first-order valence-corrected chi connectivity index (χ1v) is 9.00. The summed E-state index contributed by atoms with van der Waals surface area (Å²) in [4.78, 5) is 11.8. The van der Waals surface area contributed by atoms with Gasteiger partial charge in [-0.25, -0.2) is 4.79 Å². The number of carboxylic acid groups (broad SMARTS) is 1. The average Bonchev–Trinajstić information content (AvgIpc) is 2.68. The molecule has 1 aliphatic carbocycles. The molecule has 4 N–H and O–H groups in total. The molecule has 0 saturated carbocycles. The number of anilines is 1. The summed E-state index contributed by atoms with van der Waals surface area (Å²) in [6, 6.07) is 10.3. The van der Waals surface area contributed by atoms with Crippen LogP contribution in [0.2, 0.25) is 0 Å². The molecule has 2 aliphatic rings. The molecule has 1 aromatic rings. The van der Waals surface area contributed by atoms with Crippen molar-refractivity contribution in [2.45, 2.75) is 20.8 Å². The number of nitrogens with one attached hydrogen (secondary N) is 1. The lowest BCUT2D eigenvalue weighted by atomic mass is 9.89. The Balaban J connectivity index is 0.00000136. The number of carbonyl (C=O) groups is 1. The summed E-state index contributed by atoms with van der Waals surface area (Å²) < 4.78 is 5.93.